The highest BCUT2D eigenvalue weighted by Gasteiger charge is 2.09. The molecule has 0 aliphatic heterocycles. The van der Waals surface area contributed by atoms with E-state index in [1.54, 1.807) is 0 Å². The fraction of sp³-hybridized carbons (Fsp3) is 0. The van der Waals surface area contributed by atoms with Crippen molar-refractivity contribution in [3.05, 3.63) is 29.8 Å². The SMILES string of the molecule is O=C(c1ccc(O)cc1)N(Br)Br. The Kier molecular flexibility index (Phi) is 3.11. The van der Waals surface area contributed by atoms with E-state index in [0.717, 1.165) is 2.95 Å². The molecule has 0 spiro atoms. The van der Waals surface area contributed by atoms with Crippen LogP contribution in [-0.4, -0.2) is 14.0 Å². The number of amides is 1. The lowest BCUT2D eigenvalue weighted by Gasteiger charge is -2.04. The molecule has 1 aromatic rings. The van der Waals surface area contributed by atoms with Crippen molar-refractivity contribution in [2.75, 3.05) is 0 Å². The summed E-state index contributed by atoms with van der Waals surface area (Å²) in [5.41, 5.74) is 0.488. The fourth-order valence-electron chi connectivity index (χ4n) is 0.702. The summed E-state index contributed by atoms with van der Waals surface area (Å²) in [7, 11) is 0. The second-order valence-corrected chi connectivity index (χ2v) is 4.46. The van der Waals surface area contributed by atoms with Crippen LogP contribution in [-0.2, 0) is 0 Å². The number of nitrogens with zero attached hydrogens (tertiary/aromatic N) is 1. The minimum atomic E-state index is -0.227. The number of hydrogen-bond donors (Lipinski definition) is 1. The molecule has 0 atom stereocenters. The molecule has 0 radical (unpaired) electrons. The first kappa shape index (κ1) is 9.54. The smallest absolute Gasteiger partial charge is 0.274 e. The lowest BCUT2D eigenvalue weighted by Crippen LogP contribution is -2.09. The minimum absolute atomic E-state index is 0.141. The highest BCUT2D eigenvalue weighted by molar-refractivity contribution is 9.21. The van der Waals surface area contributed by atoms with E-state index in [1.165, 1.54) is 24.3 Å². The van der Waals surface area contributed by atoms with Crippen LogP contribution in [0.4, 0.5) is 0 Å². The van der Waals surface area contributed by atoms with Crippen molar-refractivity contribution in [3.8, 4) is 5.75 Å². The van der Waals surface area contributed by atoms with Crippen molar-refractivity contribution in [3.63, 3.8) is 0 Å². The van der Waals surface area contributed by atoms with Gasteiger partial charge in [0.25, 0.3) is 5.91 Å². The van der Waals surface area contributed by atoms with Gasteiger partial charge in [-0.25, -0.2) is 2.95 Å². The molecular formula is C7H5Br2NO2. The Morgan fingerprint density at radius 2 is 1.75 bits per heavy atom. The molecule has 0 unspecified atom stereocenters. The molecule has 0 saturated carbocycles. The summed E-state index contributed by atoms with van der Waals surface area (Å²) in [5, 5.41) is 8.93. The zero-order chi connectivity index (χ0) is 9.14. The van der Waals surface area contributed by atoms with Crippen LogP contribution in [0, 0.1) is 0 Å². The van der Waals surface area contributed by atoms with Gasteiger partial charge in [0.1, 0.15) is 5.75 Å². The van der Waals surface area contributed by atoms with E-state index >= 15 is 0 Å². The van der Waals surface area contributed by atoms with Gasteiger partial charge >= 0.3 is 0 Å². The van der Waals surface area contributed by atoms with Gasteiger partial charge in [-0.3, -0.25) is 4.79 Å². The summed E-state index contributed by atoms with van der Waals surface area (Å²) in [4.78, 5) is 11.2. The average molecular weight is 295 g/mol. The third-order valence-corrected chi connectivity index (χ3v) is 1.91. The van der Waals surface area contributed by atoms with Crippen molar-refractivity contribution in [1.29, 1.82) is 0 Å². The van der Waals surface area contributed by atoms with E-state index < -0.39 is 0 Å². The highest BCUT2D eigenvalue weighted by atomic mass is 79.9. The molecule has 0 aromatic heterocycles. The molecule has 1 aromatic carbocycles. The van der Waals surface area contributed by atoms with E-state index in [4.69, 9.17) is 5.11 Å². The number of rotatable bonds is 1. The Morgan fingerprint density at radius 1 is 1.25 bits per heavy atom. The van der Waals surface area contributed by atoms with Crippen molar-refractivity contribution in [1.82, 2.24) is 2.95 Å². The van der Waals surface area contributed by atoms with Gasteiger partial charge in [0, 0.05) is 5.56 Å². The third kappa shape index (κ3) is 2.22. The van der Waals surface area contributed by atoms with Gasteiger partial charge in [0.2, 0.25) is 0 Å². The second-order valence-electron chi connectivity index (χ2n) is 2.08. The molecule has 0 fully saturated rings. The Labute approximate surface area is 86.7 Å². The Hall–Kier alpha value is -0.550. The van der Waals surface area contributed by atoms with E-state index in [0.29, 0.717) is 5.56 Å². The fourth-order valence-corrected chi connectivity index (χ4v) is 1.11. The van der Waals surface area contributed by atoms with E-state index in [1.807, 2.05) is 0 Å². The standard InChI is InChI=1S/C7H5Br2NO2/c8-10(9)7(12)5-1-3-6(11)4-2-5/h1-4,11H. The van der Waals surface area contributed by atoms with Gasteiger partial charge < -0.3 is 5.11 Å². The maximum atomic E-state index is 11.2. The predicted octanol–water partition coefficient (Wildman–Crippen LogP) is 2.45. The summed E-state index contributed by atoms with van der Waals surface area (Å²) in [6.45, 7) is 0. The normalized spacial score (nSPS) is 9.50. The largest absolute Gasteiger partial charge is 0.508 e. The van der Waals surface area contributed by atoms with Crippen LogP contribution in [0.3, 0.4) is 0 Å². The summed E-state index contributed by atoms with van der Waals surface area (Å²) >= 11 is 5.87. The molecule has 12 heavy (non-hydrogen) atoms. The van der Waals surface area contributed by atoms with Crippen LogP contribution in [0.25, 0.3) is 0 Å². The molecule has 0 saturated heterocycles. The van der Waals surface area contributed by atoms with Gasteiger partial charge in [-0.05, 0) is 24.3 Å². The van der Waals surface area contributed by atoms with E-state index in [-0.39, 0.29) is 11.7 Å². The van der Waals surface area contributed by atoms with Crippen molar-refractivity contribution in [2.45, 2.75) is 0 Å². The number of phenolic OH excluding ortho intramolecular Hbond substituents is 1. The van der Waals surface area contributed by atoms with Crippen molar-refractivity contribution >= 4 is 38.2 Å². The van der Waals surface area contributed by atoms with Crippen LogP contribution in [0.5, 0.6) is 5.75 Å². The molecule has 1 rings (SSSR count). The topological polar surface area (TPSA) is 40.5 Å². The van der Waals surface area contributed by atoms with E-state index in [9.17, 15) is 4.79 Å². The molecule has 0 aliphatic carbocycles. The summed E-state index contributed by atoms with van der Waals surface area (Å²) in [6.07, 6.45) is 0. The van der Waals surface area contributed by atoms with Gasteiger partial charge in [0.15, 0.2) is 0 Å². The maximum absolute atomic E-state index is 11.2. The second kappa shape index (κ2) is 3.91. The van der Waals surface area contributed by atoms with E-state index in [2.05, 4.69) is 32.3 Å². The number of halogens is 2. The quantitative estimate of drug-likeness (QED) is 0.808. The maximum Gasteiger partial charge on any atom is 0.274 e. The number of hydrogen-bond acceptors (Lipinski definition) is 2. The van der Waals surface area contributed by atoms with Gasteiger partial charge in [-0.15, -0.1) is 0 Å². The molecule has 5 heteroatoms. The first-order valence-corrected chi connectivity index (χ1v) is 4.48. The number of benzene rings is 1. The monoisotopic (exact) mass is 293 g/mol. The minimum Gasteiger partial charge on any atom is -0.508 e. The molecule has 1 N–H and O–H groups in total. The number of carbonyl (C=O) groups is 1. The summed E-state index contributed by atoms with van der Waals surface area (Å²) in [6, 6.07) is 5.98. The molecule has 0 aliphatic rings. The van der Waals surface area contributed by atoms with Gasteiger partial charge in [-0.1, -0.05) is 0 Å². The van der Waals surface area contributed by atoms with Crippen molar-refractivity contribution in [2.24, 2.45) is 0 Å². The first-order chi connectivity index (χ1) is 5.61. The van der Waals surface area contributed by atoms with Crippen LogP contribution in [0.15, 0.2) is 24.3 Å². The molecule has 3 nitrogen and oxygen atoms in total. The van der Waals surface area contributed by atoms with Crippen LogP contribution in [0.1, 0.15) is 10.4 Å². The number of carbonyl (C=O) groups excluding carboxylic acids is 1. The van der Waals surface area contributed by atoms with Crippen LogP contribution >= 0.6 is 32.3 Å². The Morgan fingerprint density at radius 3 is 2.17 bits per heavy atom. The number of phenols is 1. The van der Waals surface area contributed by atoms with Crippen LogP contribution < -0.4 is 0 Å². The van der Waals surface area contributed by atoms with Crippen molar-refractivity contribution < 1.29 is 9.90 Å². The summed E-state index contributed by atoms with van der Waals surface area (Å²) < 4.78 is 1.12. The number of aromatic hydroxyl groups is 1. The highest BCUT2D eigenvalue weighted by Crippen LogP contribution is 2.15. The predicted molar refractivity (Wildman–Crippen MR) is 52.1 cm³/mol. The van der Waals surface area contributed by atoms with Crippen LogP contribution in [0.2, 0.25) is 0 Å². The molecule has 1 amide bonds. The Balaban J connectivity index is 2.90. The van der Waals surface area contributed by atoms with Gasteiger partial charge in [0.05, 0.1) is 32.3 Å². The molecule has 64 valence electrons. The lowest BCUT2D eigenvalue weighted by molar-refractivity contribution is 0.0942. The zero-order valence-electron chi connectivity index (χ0n) is 5.87. The lowest BCUT2D eigenvalue weighted by atomic mass is 10.2. The van der Waals surface area contributed by atoms with Gasteiger partial charge in [-0.2, -0.15) is 0 Å². The summed E-state index contributed by atoms with van der Waals surface area (Å²) in [5.74, 6) is -0.0859. The molecule has 0 bridgehead atoms. The Bertz CT molecular complexity index is 284. The molecule has 0 heterocycles. The zero-order valence-corrected chi connectivity index (χ0v) is 9.04. The third-order valence-electron chi connectivity index (χ3n) is 1.27. The molecular weight excluding hydrogens is 290 g/mol. The average Bonchev–Trinajstić information content (AvgIpc) is 2.04. The first-order valence-electron chi connectivity index (χ1n) is 3.06.